The third kappa shape index (κ3) is 4.33. The zero-order valence-electron chi connectivity index (χ0n) is 21.3. The molecule has 3 heterocycles. The number of carbonyl (C=O) groups is 1. The molecule has 0 spiro atoms. The van der Waals surface area contributed by atoms with Gasteiger partial charge in [0.1, 0.15) is 11.4 Å². The third-order valence-corrected chi connectivity index (χ3v) is 6.74. The standard InChI is InChI=1S/C29H27ClN2O5/c1-15(2)14-36-21-8-6-18(12-23(21)35-5)26-25-27(33)20-10-16(3)17(4)11-22(20)37-28(25)29(34)32(26)24-9-7-19(30)13-31-24/h6-13,15,26H,14H2,1-5H3. The monoisotopic (exact) mass is 518 g/mol. The number of halogens is 1. The molecule has 4 aromatic rings. The number of nitrogens with zero attached hydrogens (tertiary/aromatic N) is 2. The Hall–Kier alpha value is -3.84. The number of pyridine rings is 1. The van der Waals surface area contributed by atoms with Crippen LogP contribution < -0.4 is 19.8 Å². The van der Waals surface area contributed by atoms with E-state index in [1.807, 2.05) is 26.0 Å². The Bertz CT molecular complexity index is 1580. The Morgan fingerprint density at radius 2 is 1.81 bits per heavy atom. The predicted molar refractivity (Wildman–Crippen MR) is 143 cm³/mol. The normalized spacial score (nSPS) is 14.9. The number of hydrogen-bond donors (Lipinski definition) is 0. The van der Waals surface area contributed by atoms with E-state index < -0.39 is 11.9 Å². The smallest absolute Gasteiger partial charge is 0.296 e. The van der Waals surface area contributed by atoms with Crippen molar-refractivity contribution in [2.24, 2.45) is 5.92 Å². The highest BCUT2D eigenvalue weighted by atomic mass is 35.5. The van der Waals surface area contributed by atoms with Gasteiger partial charge >= 0.3 is 0 Å². The number of anilines is 1. The number of benzene rings is 2. The number of amides is 1. The molecule has 1 aliphatic heterocycles. The first kappa shape index (κ1) is 24.8. The second-order valence-corrected chi connectivity index (χ2v) is 10.1. The van der Waals surface area contributed by atoms with Gasteiger partial charge in [0.2, 0.25) is 5.76 Å². The van der Waals surface area contributed by atoms with E-state index in [0.717, 1.165) is 11.1 Å². The number of rotatable bonds is 6. The molecule has 1 amide bonds. The first-order chi connectivity index (χ1) is 17.7. The molecule has 1 atom stereocenters. The van der Waals surface area contributed by atoms with E-state index in [0.29, 0.717) is 51.4 Å². The van der Waals surface area contributed by atoms with Crippen LogP contribution in [0.4, 0.5) is 5.82 Å². The van der Waals surface area contributed by atoms with Gasteiger partial charge in [-0.25, -0.2) is 4.98 Å². The van der Waals surface area contributed by atoms with Crippen LogP contribution in [-0.4, -0.2) is 24.6 Å². The molecule has 0 fully saturated rings. The van der Waals surface area contributed by atoms with E-state index in [2.05, 4.69) is 18.8 Å². The molecule has 0 radical (unpaired) electrons. The molecule has 8 heteroatoms. The molecular weight excluding hydrogens is 492 g/mol. The highest BCUT2D eigenvalue weighted by molar-refractivity contribution is 6.30. The molecule has 1 unspecified atom stereocenters. The molecule has 0 aliphatic carbocycles. The van der Waals surface area contributed by atoms with E-state index in [4.69, 9.17) is 25.5 Å². The molecule has 37 heavy (non-hydrogen) atoms. The maximum atomic E-state index is 13.9. The first-order valence-corrected chi connectivity index (χ1v) is 12.4. The minimum absolute atomic E-state index is 0.00149. The van der Waals surface area contributed by atoms with Crippen molar-refractivity contribution >= 4 is 34.3 Å². The predicted octanol–water partition coefficient (Wildman–Crippen LogP) is 6.25. The summed E-state index contributed by atoms with van der Waals surface area (Å²) in [6, 6.07) is 11.5. The second kappa shape index (κ2) is 9.56. The lowest BCUT2D eigenvalue weighted by atomic mass is 9.97. The van der Waals surface area contributed by atoms with Crippen LogP contribution in [0.3, 0.4) is 0 Å². The molecule has 7 nitrogen and oxygen atoms in total. The average molecular weight is 519 g/mol. The summed E-state index contributed by atoms with van der Waals surface area (Å²) in [5, 5.41) is 0.859. The fourth-order valence-corrected chi connectivity index (χ4v) is 4.63. The highest BCUT2D eigenvalue weighted by Crippen LogP contribution is 2.43. The van der Waals surface area contributed by atoms with Gasteiger partial charge in [0.15, 0.2) is 16.9 Å². The van der Waals surface area contributed by atoms with E-state index >= 15 is 0 Å². The minimum Gasteiger partial charge on any atom is -0.493 e. The van der Waals surface area contributed by atoms with Crippen molar-refractivity contribution in [1.82, 2.24) is 4.98 Å². The lowest BCUT2D eigenvalue weighted by Crippen LogP contribution is -2.30. The summed E-state index contributed by atoms with van der Waals surface area (Å²) in [4.78, 5) is 33.5. The Morgan fingerprint density at radius 1 is 1.05 bits per heavy atom. The van der Waals surface area contributed by atoms with Crippen molar-refractivity contribution in [3.05, 3.63) is 91.9 Å². The Labute approximate surface area is 219 Å². The van der Waals surface area contributed by atoms with E-state index in [9.17, 15) is 9.59 Å². The SMILES string of the molecule is COc1cc(C2c3c(oc4cc(C)c(C)cc4c3=O)C(=O)N2c2ccc(Cl)cn2)ccc1OCC(C)C. The lowest BCUT2D eigenvalue weighted by Gasteiger charge is -2.25. The number of methoxy groups -OCH3 is 1. The second-order valence-electron chi connectivity index (χ2n) is 9.63. The van der Waals surface area contributed by atoms with Gasteiger partial charge in [0, 0.05) is 6.20 Å². The molecule has 1 aliphatic rings. The summed E-state index contributed by atoms with van der Waals surface area (Å²) in [5.74, 6) is 1.31. The molecule has 0 saturated heterocycles. The van der Waals surface area contributed by atoms with Gasteiger partial charge in [-0.05, 0) is 72.9 Å². The van der Waals surface area contributed by atoms with E-state index in [1.54, 1.807) is 37.4 Å². The largest absolute Gasteiger partial charge is 0.493 e. The van der Waals surface area contributed by atoms with Crippen molar-refractivity contribution in [2.75, 3.05) is 18.6 Å². The van der Waals surface area contributed by atoms with E-state index in [-0.39, 0.29) is 16.8 Å². The molecule has 2 aromatic heterocycles. The van der Waals surface area contributed by atoms with Crippen LogP contribution in [0.1, 0.15) is 52.7 Å². The zero-order chi connectivity index (χ0) is 26.4. The van der Waals surface area contributed by atoms with Crippen LogP contribution >= 0.6 is 11.6 Å². The Morgan fingerprint density at radius 3 is 2.49 bits per heavy atom. The number of carbonyl (C=O) groups excluding carboxylic acids is 1. The topological polar surface area (TPSA) is 81.9 Å². The number of ether oxygens (including phenoxy) is 2. The Kier molecular flexibility index (Phi) is 6.42. The summed E-state index contributed by atoms with van der Waals surface area (Å²) in [5.41, 5.74) is 2.97. The number of fused-ring (bicyclic) bond motifs is 2. The molecular formula is C29H27ClN2O5. The quantitative estimate of drug-likeness (QED) is 0.300. The lowest BCUT2D eigenvalue weighted by molar-refractivity contribution is 0.0970. The highest BCUT2D eigenvalue weighted by Gasteiger charge is 2.44. The summed E-state index contributed by atoms with van der Waals surface area (Å²) >= 11 is 6.07. The minimum atomic E-state index is -0.786. The molecule has 5 rings (SSSR count). The van der Waals surface area contributed by atoms with Crippen LogP contribution in [-0.2, 0) is 0 Å². The average Bonchev–Trinajstić information content (AvgIpc) is 3.16. The van der Waals surface area contributed by atoms with Gasteiger partial charge in [-0.1, -0.05) is 31.5 Å². The summed E-state index contributed by atoms with van der Waals surface area (Å²) < 4.78 is 17.6. The fourth-order valence-electron chi connectivity index (χ4n) is 4.52. The summed E-state index contributed by atoms with van der Waals surface area (Å²) in [6.07, 6.45) is 1.46. The van der Waals surface area contributed by atoms with Crippen molar-refractivity contribution in [2.45, 2.75) is 33.7 Å². The van der Waals surface area contributed by atoms with Gasteiger partial charge in [-0.15, -0.1) is 0 Å². The van der Waals surface area contributed by atoms with Gasteiger partial charge < -0.3 is 13.9 Å². The fraction of sp³-hybridized carbons (Fsp3) is 0.276. The van der Waals surface area contributed by atoms with Crippen LogP contribution in [0, 0.1) is 19.8 Å². The zero-order valence-corrected chi connectivity index (χ0v) is 22.1. The van der Waals surface area contributed by atoms with E-state index in [1.165, 1.54) is 11.1 Å². The van der Waals surface area contributed by atoms with Gasteiger partial charge in [-0.2, -0.15) is 0 Å². The third-order valence-electron chi connectivity index (χ3n) is 6.52. The van der Waals surface area contributed by atoms with Crippen LogP contribution in [0.15, 0.2) is 57.9 Å². The summed E-state index contributed by atoms with van der Waals surface area (Å²) in [7, 11) is 1.56. The molecule has 190 valence electrons. The Balaban J connectivity index is 1.74. The van der Waals surface area contributed by atoms with Crippen LogP contribution in [0.25, 0.3) is 11.0 Å². The van der Waals surface area contributed by atoms with Gasteiger partial charge in [0.25, 0.3) is 5.91 Å². The molecule has 0 N–H and O–H groups in total. The molecule has 2 aromatic carbocycles. The molecule has 0 saturated carbocycles. The van der Waals surface area contributed by atoms with Crippen molar-refractivity contribution in [3.63, 3.8) is 0 Å². The molecule has 0 bridgehead atoms. The summed E-state index contributed by atoms with van der Waals surface area (Å²) in [6.45, 7) is 8.52. The maximum Gasteiger partial charge on any atom is 0.296 e. The van der Waals surface area contributed by atoms with Crippen molar-refractivity contribution < 1.29 is 18.7 Å². The van der Waals surface area contributed by atoms with Crippen molar-refractivity contribution in [3.8, 4) is 11.5 Å². The van der Waals surface area contributed by atoms with Gasteiger partial charge in [0.05, 0.1) is 35.7 Å². The number of aromatic nitrogens is 1. The van der Waals surface area contributed by atoms with Gasteiger partial charge in [-0.3, -0.25) is 14.5 Å². The van der Waals surface area contributed by atoms with Crippen LogP contribution in [0.2, 0.25) is 5.02 Å². The van der Waals surface area contributed by atoms with Crippen LogP contribution in [0.5, 0.6) is 11.5 Å². The van der Waals surface area contributed by atoms with Crippen molar-refractivity contribution in [1.29, 1.82) is 0 Å². The number of aryl methyl sites for hydroxylation is 2. The number of hydrogen-bond acceptors (Lipinski definition) is 6. The first-order valence-electron chi connectivity index (χ1n) is 12.0. The maximum absolute atomic E-state index is 13.9.